The molecule has 2 heterocycles. The third-order valence-electron chi connectivity index (χ3n) is 4.57. The quantitative estimate of drug-likeness (QED) is 0.863. The number of hydrogen-bond donors (Lipinski definition) is 2. The van der Waals surface area contributed by atoms with Gasteiger partial charge < -0.3 is 15.5 Å². The van der Waals surface area contributed by atoms with Crippen LogP contribution in [-0.4, -0.2) is 42.9 Å². The van der Waals surface area contributed by atoms with Crippen LogP contribution in [0.1, 0.15) is 30.7 Å². The van der Waals surface area contributed by atoms with Crippen molar-refractivity contribution in [1.29, 1.82) is 0 Å². The van der Waals surface area contributed by atoms with Crippen LogP contribution in [0, 0.1) is 5.82 Å². The van der Waals surface area contributed by atoms with E-state index in [0.29, 0.717) is 30.4 Å². The molecular weight excluding hydrogens is 321 g/mol. The molecule has 0 saturated carbocycles. The number of carbonyl (C=O) groups is 2. The molecule has 5 nitrogen and oxygen atoms in total. The number of amides is 2. The largest absolute Gasteiger partial charge is 0.342 e. The van der Waals surface area contributed by atoms with E-state index in [9.17, 15) is 14.0 Å². The van der Waals surface area contributed by atoms with Gasteiger partial charge in [-0.25, -0.2) is 4.39 Å². The van der Waals surface area contributed by atoms with Crippen LogP contribution in [0.15, 0.2) is 18.2 Å². The Morgan fingerprint density at radius 3 is 2.70 bits per heavy atom. The number of piperidine rings is 1. The van der Waals surface area contributed by atoms with Gasteiger partial charge in [0.05, 0.1) is 5.92 Å². The van der Waals surface area contributed by atoms with Crippen molar-refractivity contribution >= 4 is 29.9 Å². The van der Waals surface area contributed by atoms with Gasteiger partial charge in [0.25, 0.3) is 0 Å². The molecule has 2 aliphatic rings. The molecule has 23 heavy (non-hydrogen) atoms. The fourth-order valence-electron chi connectivity index (χ4n) is 3.27. The number of benzene rings is 1. The van der Waals surface area contributed by atoms with Gasteiger partial charge in [-0.2, -0.15) is 0 Å². The Morgan fingerprint density at radius 2 is 2.04 bits per heavy atom. The Balaban J connectivity index is 0.00000192. The fourth-order valence-corrected chi connectivity index (χ4v) is 3.27. The van der Waals surface area contributed by atoms with Crippen LogP contribution in [0.2, 0.25) is 0 Å². The summed E-state index contributed by atoms with van der Waals surface area (Å²) in [4.78, 5) is 26.4. The molecule has 0 aromatic heterocycles. The predicted octanol–water partition coefficient (Wildman–Crippen LogP) is 1.88. The zero-order chi connectivity index (χ0) is 15.7. The average molecular weight is 342 g/mol. The molecule has 0 bridgehead atoms. The molecule has 0 spiro atoms. The molecule has 7 heteroatoms. The highest BCUT2D eigenvalue weighted by molar-refractivity contribution is 6.01. The van der Waals surface area contributed by atoms with Crippen LogP contribution < -0.4 is 10.6 Å². The van der Waals surface area contributed by atoms with Gasteiger partial charge in [0.2, 0.25) is 11.8 Å². The predicted molar refractivity (Wildman–Crippen MR) is 88.3 cm³/mol. The average Bonchev–Trinajstić information content (AvgIpc) is 2.53. The zero-order valence-electron chi connectivity index (χ0n) is 13.0. The first-order valence-electron chi connectivity index (χ1n) is 7.64. The number of nitrogens with one attached hydrogen (secondary N) is 2. The normalized spacial score (nSPS) is 21.2. The number of fused-ring (bicyclic) bond motifs is 1. The second-order valence-corrected chi connectivity index (χ2v) is 5.92. The maximum Gasteiger partial charge on any atom is 0.230 e. The van der Waals surface area contributed by atoms with E-state index in [-0.39, 0.29) is 30.6 Å². The minimum atomic E-state index is -0.504. The third kappa shape index (κ3) is 3.64. The monoisotopic (exact) mass is 341 g/mol. The molecule has 2 amide bonds. The lowest BCUT2D eigenvalue weighted by atomic mass is 9.88. The van der Waals surface area contributed by atoms with Gasteiger partial charge in [-0.05, 0) is 37.6 Å². The Morgan fingerprint density at radius 1 is 1.35 bits per heavy atom. The second-order valence-electron chi connectivity index (χ2n) is 5.92. The Kier molecular flexibility index (Phi) is 5.59. The number of rotatable bonds is 2. The van der Waals surface area contributed by atoms with E-state index >= 15 is 0 Å². The van der Waals surface area contributed by atoms with E-state index in [1.807, 2.05) is 11.9 Å². The summed E-state index contributed by atoms with van der Waals surface area (Å²) < 4.78 is 13.3. The van der Waals surface area contributed by atoms with Gasteiger partial charge >= 0.3 is 0 Å². The first-order valence-corrected chi connectivity index (χ1v) is 7.64. The number of hydrogen-bond acceptors (Lipinski definition) is 3. The molecule has 1 atom stereocenters. The van der Waals surface area contributed by atoms with Crippen molar-refractivity contribution in [1.82, 2.24) is 10.2 Å². The van der Waals surface area contributed by atoms with Gasteiger partial charge in [0.1, 0.15) is 5.82 Å². The lowest BCUT2D eigenvalue weighted by Gasteiger charge is -2.35. The summed E-state index contributed by atoms with van der Waals surface area (Å²) >= 11 is 0. The van der Waals surface area contributed by atoms with E-state index in [4.69, 9.17) is 0 Å². The molecule has 0 aliphatic carbocycles. The fraction of sp³-hybridized carbons (Fsp3) is 0.500. The molecule has 0 radical (unpaired) electrons. The lowest BCUT2D eigenvalue weighted by molar-refractivity contribution is -0.136. The number of likely N-dealkylation sites (tertiary alicyclic amines) is 1. The maximum absolute atomic E-state index is 13.3. The van der Waals surface area contributed by atoms with Crippen molar-refractivity contribution < 1.29 is 14.0 Å². The minimum absolute atomic E-state index is 0. The zero-order valence-corrected chi connectivity index (χ0v) is 13.8. The smallest absolute Gasteiger partial charge is 0.230 e. The lowest BCUT2D eigenvalue weighted by Crippen LogP contribution is -2.46. The summed E-state index contributed by atoms with van der Waals surface area (Å²) in [6, 6.07) is 4.66. The number of anilines is 1. The molecule has 1 aromatic rings. The summed E-state index contributed by atoms with van der Waals surface area (Å²) in [7, 11) is 1.93. The number of halogens is 2. The van der Waals surface area contributed by atoms with E-state index in [1.54, 1.807) is 6.07 Å². The SMILES string of the molecule is CNC1CCN(C(=O)C2CC(=O)Nc3cc(F)ccc32)CC1.Cl. The van der Waals surface area contributed by atoms with Crippen LogP contribution in [0.4, 0.5) is 10.1 Å². The van der Waals surface area contributed by atoms with Crippen molar-refractivity contribution in [2.24, 2.45) is 0 Å². The standard InChI is InChI=1S/C16H20FN3O2.ClH/c1-18-11-4-6-20(7-5-11)16(22)13-9-15(21)19-14-8-10(17)2-3-12(13)14;/h2-3,8,11,13,18H,4-7,9H2,1H3,(H,19,21);1H. The van der Waals surface area contributed by atoms with Crippen LogP contribution >= 0.6 is 12.4 Å². The molecule has 1 unspecified atom stereocenters. The topological polar surface area (TPSA) is 61.4 Å². The Hall–Kier alpha value is -1.66. The molecule has 1 aromatic carbocycles. The van der Waals surface area contributed by atoms with Crippen molar-refractivity contribution in [3.63, 3.8) is 0 Å². The Bertz CT molecular complexity index is 603. The molecule has 2 N–H and O–H groups in total. The molecule has 3 rings (SSSR count). The van der Waals surface area contributed by atoms with Gasteiger partial charge in [-0.1, -0.05) is 6.07 Å². The summed E-state index contributed by atoms with van der Waals surface area (Å²) in [5.74, 6) is -1.18. The number of nitrogens with zero attached hydrogens (tertiary/aromatic N) is 1. The maximum atomic E-state index is 13.3. The molecule has 126 valence electrons. The van der Waals surface area contributed by atoms with E-state index in [0.717, 1.165) is 12.8 Å². The number of carbonyl (C=O) groups excluding carboxylic acids is 2. The van der Waals surface area contributed by atoms with Gasteiger partial charge in [0, 0.05) is 31.2 Å². The minimum Gasteiger partial charge on any atom is -0.342 e. The Labute approximate surface area is 141 Å². The molecule has 1 saturated heterocycles. The van der Waals surface area contributed by atoms with Crippen molar-refractivity contribution in [2.45, 2.75) is 31.2 Å². The highest BCUT2D eigenvalue weighted by Crippen LogP contribution is 2.34. The van der Waals surface area contributed by atoms with E-state index in [2.05, 4.69) is 10.6 Å². The van der Waals surface area contributed by atoms with Crippen LogP contribution in [0.5, 0.6) is 0 Å². The molecule has 1 fully saturated rings. The summed E-state index contributed by atoms with van der Waals surface area (Å²) in [5, 5.41) is 5.87. The van der Waals surface area contributed by atoms with E-state index in [1.165, 1.54) is 12.1 Å². The van der Waals surface area contributed by atoms with Crippen molar-refractivity contribution in [3.8, 4) is 0 Å². The highest BCUT2D eigenvalue weighted by atomic mass is 35.5. The van der Waals surface area contributed by atoms with Crippen molar-refractivity contribution in [2.75, 3.05) is 25.5 Å². The second kappa shape index (κ2) is 7.27. The molecule has 2 aliphatic heterocycles. The van der Waals surface area contributed by atoms with Crippen molar-refractivity contribution in [3.05, 3.63) is 29.6 Å². The summed E-state index contributed by atoms with van der Waals surface area (Å²) in [6.45, 7) is 1.39. The molecular formula is C16H21ClFN3O2. The van der Waals surface area contributed by atoms with Crippen LogP contribution in [0.25, 0.3) is 0 Å². The van der Waals surface area contributed by atoms with Gasteiger partial charge in [-0.3, -0.25) is 9.59 Å². The summed E-state index contributed by atoms with van der Waals surface area (Å²) in [6.07, 6.45) is 1.96. The first kappa shape index (κ1) is 17.7. The summed E-state index contributed by atoms with van der Waals surface area (Å²) in [5.41, 5.74) is 1.13. The highest BCUT2D eigenvalue weighted by Gasteiger charge is 2.34. The van der Waals surface area contributed by atoms with Crippen LogP contribution in [-0.2, 0) is 9.59 Å². The van der Waals surface area contributed by atoms with E-state index < -0.39 is 11.7 Å². The van der Waals surface area contributed by atoms with Gasteiger partial charge in [-0.15, -0.1) is 12.4 Å². The van der Waals surface area contributed by atoms with Crippen LogP contribution in [0.3, 0.4) is 0 Å². The van der Waals surface area contributed by atoms with Gasteiger partial charge in [0.15, 0.2) is 0 Å². The first-order chi connectivity index (χ1) is 10.6. The third-order valence-corrected chi connectivity index (χ3v) is 4.57.